The molecule has 17 heavy (non-hydrogen) atoms. The lowest BCUT2D eigenvalue weighted by Crippen LogP contribution is -2.21. The molecular weight excluding hydrogens is 224 g/mol. The first-order valence-electron chi connectivity index (χ1n) is 5.65. The topological polar surface area (TPSA) is 17.1 Å². The lowest BCUT2D eigenvalue weighted by Gasteiger charge is -2.04. The molecule has 2 rings (SSSR count). The van der Waals surface area contributed by atoms with E-state index in [2.05, 4.69) is 11.4 Å². The highest BCUT2D eigenvalue weighted by molar-refractivity contribution is 6.99. The highest BCUT2D eigenvalue weighted by Gasteiger charge is 2.15. The van der Waals surface area contributed by atoms with Gasteiger partial charge in [-0.3, -0.25) is 4.79 Å². The molecule has 1 aliphatic rings. The summed E-state index contributed by atoms with van der Waals surface area (Å²) in [6.45, 7) is 0. The van der Waals surface area contributed by atoms with E-state index >= 15 is 0 Å². The van der Waals surface area contributed by atoms with E-state index in [1.165, 1.54) is 0 Å². The third-order valence-electron chi connectivity index (χ3n) is 2.55. The van der Waals surface area contributed by atoms with Crippen LogP contribution in [0.1, 0.15) is 10.4 Å². The largest absolute Gasteiger partial charge is 0.300 e. The highest BCUT2D eigenvalue weighted by atomic mass is 28.3. The molecule has 0 spiro atoms. The first kappa shape index (κ1) is 11.5. The molecule has 1 aromatic rings. The Morgan fingerprint density at radius 3 is 1.88 bits per heavy atom. The van der Waals surface area contributed by atoms with Gasteiger partial charge in [0.1, 0.15) is 5.41 Å². The van der Waals surface area contributed by atoms with Gasteiger partial charge in [-0.25, -0.2) is 0 Å². The summed E-state index contributed by atoms with van der Waals surface area (Å²) in [5, 5.41) is 0.266. The number of allylic oxidation sites excluding steroid dienone is 6. The van der Waals surface area contributed by atoms with Crippen LogP contribution in [0.2, 0.25) is 0 Å². The lowest BCUT2D eigenvalue weighted by atomic mass is 10.2. The fraction of sp³-hybridized carbons (Fsp3) is 0. The van der Waals surface area contributed by atoms with Crippen molar-refractivity contribution >= 4 is 14.2 Å². The third kappa shape index (κ3) is 3.26. The highest BCUT2D eigenvalue weighted by Crippen LogP contribution is 2.06. The van der Waals surface area contributed by atoms with E-state index in [0.717, 1.165) is 5.56 Å². The molecule has 1 nitrogen and oxygen atoms in total. The minimum Gasteiger partial charge on any atom is -0.300 e. The fourth-order valence-corrected chi connectivity index (χ4v) is 3.45. The first-order chi connectivity index (χ1) is 8.38. The fourth-order valence-electron chi connectivity index (χ4n) is 1.66. The van der Waals surface area contributed by atoms with E-state index in [0.29, 0.717) is 0 Å². The summed E-state index contributed by atoms with van der Waals surface area (Å²) in [5.41, 5.74) is 4.91. The molecule has 1 heterocycles. The van der Waals surface area contributed by atoms with Crippen LogP contribution in [0.15, 0.2) is 78.2 Å². The Balaban J connectivity index is 2.24. The van der Waals surface area contributed by atoms with Gasteiger partial charge >= 0.3 is 0 Å². The summed E-state index contributed by atoms with van der Waals surface area (Å²) in [6, 6.07) is 9.51. The molecule has 0 N–H and O–H groups in total. The smallest absolute Gasteiger partial charge is 0.170 e. The van der Waals surface area contributed by atoms with Crippen LogP contribution >= 0.6 is 0 Å². The number of benzene rings is 1. The average Bonchev–Trinajstić information content (AvgIpc) is 2.52. The maximum atomic E-state index is 12.3. The lowest BCUT2D eigenvalue weighted by molar-refractivity contribution is 0.107. The molecule has 0 unspecified atom stereocenters. The zero-order valence-corrected chi connectivity index (χ0v) is 10.6. The normalized spacial score (nSPS) is 18.5. The van der Waals surface area contributed by atoms with Crippen molar-refractivity contribution in [1.82, 2.24) is 0 Å². The van der Waals surface area contributed by atoms with Crippen LogP contribution in [-0.2, 0) is 0 Å². The Bertz CT molecular complexity index is 473. The van der Waals surface area contributed by atoms with Crippen LogP contribution < -0.4 is 0 Å². The van der Waals surface area contributed by atoms with Gasteiger partial charge in [0.15, 0.2) is 8.80 Å². The summed E-state index contributed by atoms with van der Waals surface area (Å²) >= 11 is 0. The Kier molecular flexibility index (Phi) is 4.05. The van der Waals surface area contributed by atoms with Gasteiger partial charge in [-0.05, 0) is 0 Å². The summed E-state index contributed by atoms with van der Waals surface area (Å²) in [5.74, 6) is 0. The van der Waals surface area contributed by atoms with Crippen molar-refractivity contribution < 1.29 is 4.79 Å². The van der Waals surface area contributed by atoms with Crippen molar-refractivity contribution in [3.8, 4) is 0 Å². The standard InChI is InChI=1S/C15H14OSi/c16-15(14-10-6-5-7-11-14)17-12-8-3-1-2-4-9-13-17/h1-13,17H. The van der Waals surface area contributed by atoms with Crippen molar-refractivity contribution in [2.75, 3.05) is 0 Å². The van der Waals surface area contributed by atoms with E-state index in [9.17, 15) is 4.79 Å². The Labute approximate surface area is 103 Å². The monoisotopic (exact) mass is 238 g/mol. The molecule has 1 aliphatic heterocycles. The SMILES string of the molecule is O=C(c1ccccc1)[SiH]1C=CC=CC=CC=C1. The third-order valence-corrected chi connectivity index (χ3v) is 4.77. The average molecular weight is 238 g/mol. The van der Waals surface area contributed by atoms with Crippen LogP contribution in [0.25, 0.3) is 0 Å². The van der Waals surface area contributed by atoms with Crippen molar-refractivity contribution in [2.45, 2.75) is 0 Å². The predicted molar refractivity (Wildman–Crippen MR) is 74.5 cm³/mol. The second-order valence-electron chi connectivity index (χ2n) is 3.80. The van der Waals surface area contributed by atoms with Crippen molar-refractivity contribution in [3.63, 3.8) is 0 Å². The van der Waals surface area contributed by atoms with E-state index in [4.69, 9.17) is 0 Å². The van der Waals surface area contributed by atoms with Gasteiger partial charge in [-0.1, -0.05) is 78.2 Å². The van der Waals surface area contributed by atoms with Gasteiger partial charge in [-0.15, -0.1) is 0 Å². The van der Waals surface area contributed by atoms with Crippen LogP contribution in [0, 0.1) is 0 Å². The molecule has 0 bridgehead atoms. The zero-order valence-electron chi connectivity index (χ0n) is 9.49. The molecule has 0 radical (unpaired) electrons. The number of carbonyl (C=O) groups excluding carboxylic acids is 1. The van der Waals surface area contributed by atoms with Crippen LogP contribution in [0.3, 0.4) is 0 Å². The Hall–Kier alpha value is -1.93. The molecule has 0 aromatic heterocycles. The Morgan fingerprint density at radius 1 is 0.765 bits per heavy atom. The molecule has 84 valence electrons. The van der Waals surface area contributed by atoms with E-state index in [1.807, 2.05) is 66.8 Å². The van der Waals surface area contributed by atoms with Gasteiger partial charge in [0, 0.05) is 5.56 Å². The molecular formula is C15H14OSi. The second kappa shape index (κ2) is 5.96. The second-order valence-corrected chi connectivity index (χ2v) is 6.14. The van der Waals surface area contributed by atoms with E-state index in [-0.39, 0.29) is 5.41 Å². The maximum absolute atomic E-state index is 12.3. The predicted octanol–water partition coefficient (Wildman–Crippen LogP) is 2.95. The summed E-state index contributed by atoms with van der Waals surface area (Å²) in [4.78, 5) is 12.3. The van der Waals surface area contributed by atoms with Crippen LogP contribution in [-0.4, -0.2) is 14.2 Å². The molecule has 1 aromatic carbocycles. The number of carbonyl (C=O) groups is 1. The number of hydrogen-bond donors (Lipinski definition) is 0. The zero-order chi connectivity index (χ0) is 11.9. The molecule has 0 saturated carbocycles. The number of rotatable bonds is 2. The summed E-state index contributed by atoms with van der Waals surface area (Å²) < 4.78 is 0. The van der Waals surface area contributed by atoms with Gasteiger partial charge in [-0.2, -0.15) is 0 Å². The van der Waals surface area contributed by atoms with Crippen molar-refractivity contribution in [1.29, 1.82) is 0 Å². The minimum atomic E-state index is -1.65. The number of hydrogen-bond acceptors (Lipinski definition) is 1. The van der Waals surface area contributed by atoms with E-state index in [1.54, 1.807) is 0 Å². The molecule has 0 atom stereocenters. The van der Waals surface area contributed by atoms with Gasteiger partial charge in [0.25, 0.3) is 0 Å². The molecule has 2 heteroatoms. The summed E-state index contributed by atoms with van der Waals surface area (Å²) in [7, 11) is -1.65. The maximum Gasteiger partial charge on any atom is 0.170 e. The van der Waals surface area contributed by atoms with Gasteiger partial charge in [0.05, 0.1) is 0 Å². The first-order valence-corrected chi connectivity index (χ1v) is 7.56. The van der Waals surface area contributed by atoms with Crippen LogP contribution in [0.5, 0.6) is 0 Å². The summed E-state index contributed by atoms with van der Waals surface area (Å²) in [6.07, 6.45) is 11.8. The Morgan fingerprint density at radius 2 is 1.29 bits per heavy atom. The van der Waals surface area contributed by atoms with E-state index < -0.39 is 8.80 Å². The minimum absolute atomic E-state index is 0.266. The molecule has 0 amide bonds. The molecule has 0 aliphatic carbocycles. The van der Waals surface area contributed by atoms with Gasteiger partial charge in [0.2, 0.25) is 0 Å². The van der Waals surface area contributed by atoms with Crippen molar-refractivity contribution in [2.24, 2.45) is 0 Å². The van der Waals surface area contributed by atoms with Crippen molar-refractivity contribution in [3.05, 3.63) is 83.7 Å². The molecule has 0 saturated heterocycles. The molecule has 0 fully saturated rings. The van der Waals surface area contributed by atoms with Crippen LogP contribution in [0.4, 0.5) is 0 Å². The van der Waals surface area contributed by atoms with Gasteiger partial charge < -0.3 is 0 Å². The quantitative estimate of drug-likeness (QED) is 0.724.